The zero-order chi connectivity index (χ0) is 23.5. The summed E-state index contributed by atoms with van der Waals surface area (Å²) in [4.78, 5) is 0. The van der Waals surface area contributed by atoms with Gasteiger partial charge in [0.05, 0.1) is 0 Å². The molecule has 33 heavy (non-hydrogen) atoms. The highest BCUT2D eigenvalue weighted by molar-refractivity contribution is 6.08. The Balaban J connectivity index is 1.64. The summed E-state index contributed by atoms with van der Waals surface area (Å²) in [5, 5.41) is 7.14. The molecule has 1 rings (SSSR count). The van der Waals surface area contributed by atoms with Gasteiger partial charge in [-0.15, -0.1) is 0 Å². The molecule has 1 aromatic carbocycles. The van der Waals surface area contributed by atoms with E-state index in [-0.39, 0.29) is 0 Å². The number of benzene rings is 1. The first-order valence-corrected chi connectivity index (χ1v) is 16.3. The molecule has 0 heterocycles. The minimum absolute atomic E-state index is 1.01. The number of nitrogens with one attached hydrogen (secondary N) is 2. The summed E-state index contributed by atoms with van der Waals surface area (Å²) >= 11 is 0. The van der Waals surface area contributed by atoms with Crippen molar-refractivity contribution in [2.24, 2.45) is 0 Å². The van der Waals surface area contributed by atoms with Gasteiger partial charge in [0.2, 0.25) is 0 Å². The van der Waals surface area contributed by atoms with E-state index in [4.69, 9.17) is 0 Å². The van der Waals surface area contributed by atoms with E-state index in [1.54, 1.807) is 0 Å². The second kappa shape index (κ2) is 26.0. The Bertz CT molecular complexity index is 479. The zero-order valence-corrected chi connectivity index (χ0v) is 24.4. The molecule has 1 aromatic rings. The summed E-state index contributed by atoms with van der Waals surface area (Å²) in [6.07, 6.45) is 27.4. The van der Waals surface area contributed by atoms with Crippen LogP contribution in [0.1, 0.15) is 128 Å². The molecule has 192 valence electrons. The molecule has 0 aliphatic heterocycles. The first-order valence-electron chi connectivity index (χ1n) is 14.9. The molecule has 0 aliphatic carbocycles. The predicted molar refractivity (Wildman–Crippen MR) is 153 cm³/mol. The van der Waals surface area contributed by atoms with E-state index in [2.05, 4.69) is 41.0 Å². The fraction of sp³-hybridized carbons (Fsp3) is 0.800. The van der Waals surface area contributed by atoms with Crippen LogP contribution in [0.25, 0.3) is 0 Å². The van der Waals surface area contributed by atoms with Crippen molar-refractivity contribution in [1.82, 2.24) is 10.6 Å². The lowest BCUT2D eigenvalue weighted by Crippen LogP contribution is -2.16. The molecule has 0 aliphatic rings. The van der Waals surface area contributed by atoms with Crippen LogP contribution in [0.15, 0.2) is 30.3 Å². The second-order valence-electron chi connectivity index (χ2n) is 10.1. The highest BCUT2D eigenvalue weighted by atomic mass is 28.1. The number of rotatable bonds is 26. The van der Waals surface area contributed by atoms with Crippen LogP contribution < -0.4 is 10.6 Å². The van der Waals surface area contributed by atoms with Gasteiger partial charge in [-0.25, -0.2) is 0 Å². The SMILES string of the molecule is [SiH3]CCCNCCCCCCCCCCCCCCCCCCCCNCc1ccccc1. The molecule has 0 radical (unpaired) electrons. The van der Waals surface area contributed by atoms with Crippen molar-refractivity contribution >= 4 is 10.2 Å². The number of unbranched alkanes of at least 4 members (excludes halogenated alkanes) is 17. The summed E-state index contributed by atoms with van der Waals surface area (Å²) in [7, 11) is 1.37. The molecule has 0 bridgehead atoms. The Kier molecular flexibility index (Phi) is 23.9. The van der Waals surface area contributed by atoms with E-state index in [9.17, 15) is 0 Å². The quantitative estimate of drug-likeness (QED) is 0.107. The van der Waals surface area contributed by atoms with Gasteiger partial charge < -0.3 is 10.6 Å². The van der Waals surface area contributed by atoms with E-state index < -0.39 is 0 Å². The van der Waals surface area contributed by atoms with Gasteiger partial charge in [-0.3, -0.25) is 0 Å². The maximum atomic E-state index is 3.57. The van der Waals surface area contributed by atoms with Crippen LogP contribution in [0.3, 0.4) is 0 Å². The van der Waals surface area contributed by atoms with Gasteiger partial charge in [0.1, 0.15) is 0 Å². The molecule has 0 fully saturated rings. The van der Waals surface area contributed by atoms with Gasteiger partial charge in [-0.2, -0.15) is 0 Å². The lowest BCUT2D eigenvalue weighted by molar-refractivity contribution is 0.518. The van der Waals surface area contributed by atoms with Crippen LogP contribution in [-0.4, -0.2) is 29.9 Å². The van der Waals surface area contributed by atoms with Crippen molar-refractivity contribution in [2.45, 2.75) is 135 Å². The molecule has 3 heteroatoms. The average molecular weight is 475 g/mol. The highest BCUT2D eigenvalue weighted by Crippen LogP contribution is 2.14. The van der Waals surface area contributed by atoms with E-state index in [1.165, 1.54) is 157 Å². The van der Waals surface area contributed by atoms with Crippen LogP contribution in [0.5, 0.6) is 0 Å². The van der Waals surface area contributed by atoms with Gasteiger partial charge in [0, 0.05) is 16.8 Å². The fourth-order valence-corrected chi connectivity index (χ4v) is 4.94. The van der Waals surface area contributed by atoms with Gasteiger partial charge >= 0.3 is 0 Å². The van der Waals surface area contributed by atoms with Crippen molar-refractivity contribution in [2.75, 3.05) is 19.6 Å². The minimum Gasteiger partial charge on any atom is -0.317 e. The normalized spacial score (nSPS) is 11.4. The Hall–Kier alpha value is -0.643. The Morgan fingerprint density at radius 2 is 0.788 bits per heavy atom. The molecule has 0 unspecified atom stereocenters. The largest absolute Gasteiger partial charge is 0.317 e. The summed E-state index contributed by atoms with van der Waals surface area (Å²) in [5.74, 6) is 0. The summed E-state index contributed by atoms with van der Waals surface area (Å²) in [6, 6.07) is 12.2. The van der Waals surface area contributed by atoms with Crippen LogP contribution in [0.2, 0.25) is 6.04 Å². The van der Waals surface area contributed by atoms with Crippen LogP contribution in [0, 0.1) is 0 Å². The summed E-state index contributed by atoms with van der Waals surface area (Å²) in [6.45, 7) is 4.67. The molecule has 0 amide bonds. The smallest absolute Gasteiger partial charge is 0.0205 e. The third-order valence-electron chi connectivity index (χ3n) is 6.84. The Labute approximate surface area is 210 Å². The fourth-order valence-electron chi connectivity index (χ4n) is 4.58. The van der Waals surface area contributed by atoms with E-state index in [1.807, 2.05) is 0 Å². The van der Waals surface area contributed by atoms with Gasteiger partial charge in [0.25, 0.3) is 0 Å². The van der Waals surface area contributed by atoms with Crippen LogP contribution >= 0.6 is 0 Å². The third-order valence-corrected chi connectivity index (χ3v) is 7.54. The van der Waals surface area contributed by atoms with E-state index in [0.29, 0.717) is 0 Å². The summed E-state index contributed by atoms with van der Waals surface area (Å²) < 4.78 is 0. The van der Waals surface area contributed by atoms with Gasteiger partial charge in [-0.1, -0.05) is 139 Å². The van der Waals surface area contributed by atoms with Crippen molar-refractivity contribution < 1.29 is 0 Å². The summed E-state index contributed by atoms with van der Waals surface area (Å²) in [5.41, 5.74) is 1.39. The molecule has 2 nitrogen and oxygen atoms in total. The number of hydrogen-bond donors (Lipinski definition) is 2. The first kappa shape index (κ1) is 30.4. The molecule has 0 saturated heterocycles. The average Bonchev–Trinajstić information content (AvgIpc) is 2.84. The van der Waals surface area contributed by atoms with Gasteiger partial charge in [-0.05, 0) is 44.5 Å². The molecule has 0 atom stereocenters. The third kappa shape index (κ3) is 22.9. The van der Waals surface area contributed by atoms with Crippen molar-refractivity contribution in [1.29, 1.82) is 0 Å². The van der Waals surface area contributed by atoms with Gasteiger partial charge in [0.15, 0.2) is 0 Å². The standard InChI is InChI=1S/C30H58N2Si/c33-28-22-27-31-25-20-15-13-11-9-7-5-3-1-2-4-6-8-10-12-14-16-21-26-32-29-30-23-18-17-19-24-30/h17-19,23-24,31-32H,1-16,20-22,25-29H2,33H3. The zero-order valence-electron chi connectivity index (χ0n) is 22.4. The number of hydrogen-bond acceptors (Lipinski definition) is 2. The van der Waals surface area contributed by atoms with Crippen LogP contribution in [0.4, 0.5) is 0 Å². The minimum atomic E-state index is 1.01. The molecule has 0 saturated carbocycles. The molecule has 2 N–H and O–H groups in total. The monoisotopic (exact) mass is 474 g/mol. The van der Waals surface area contributed by atoms with Crippen LogP contribution in [-0.2, 0) is 6.54 Å². The first-order chi connectivity index (χ1) is 16.4. The van der Waals surface area contributed by atoms with Crippen molar-refractivity contribution in [3.8, 4) is 0 Å². The Morgan fingerprint density at radius 3 is 1.21 bits per heavy atom. The van der Waals surface area contributed by atoms with Crippen molar-refractivity contribution in [3.05, 3.63) is 35.9 Å². The molecular formula is C30H58N2Si. The lowest BCUT2D eigenvalue weighted by Gasteiger charge is -2.05. The second-order valence-corrected chi connectivity index (χ2v) is 11.1. The topological polar surface area (TPSA) is 24.1 Å². The maximum absolute atomic E-state index is 3.57. The highest BCUT2D eigenvalue weighted by Gasteiger charge is 1.96. The molecule has 0 spiro atoms. The van der Waals surface area contributed by atoms with Crippen molar-refractivity contribution in [3.63, 3.8) is 0 Å². The van der Waals surface area contributed by atoms with E-state index >= 15 is 0 Å². The predicted octanol–water partition coefficient (Wildman–Crippen LogP) is 7.56. The molecule has 0 aromatic heterocycles. The lowest BCUT2D eigenvalue weighted by atomic mass is 10.0. The maximum Gasteiger partial charge on any atom is 0.0205 e. The molecular weight excluding hydrogens is 416 g/mol. The van der Waals surface area contributed by atoms with E-state index in [0.717, 1.165) is 13.1 Å². The Morgan fingerprint density at radius 1 is 0.424 bits per heavy atom.